The molecule has 7 rings (SSSR count). The van der Waals surface area contributed by atoms with Gasteiger partial charge in [-0.25, -0.2) is 0 Å². The van der Waals surface area contributed by atoms with E-state index in [1.54, 1.807) is 10.8 Å². The Labute approximate surface area is 230 Å². The van der Waals surface area contributed by atoms with Crippen molar-refractivity contribution in [3.8, 4) is 11.1 Å². The standard InChI is InChI=1S/C18H17.C10H12OSi.2ClH.Zr/c1-3-14-7-9-15(10-8-14)17-6-4-5-16-11-13(2)12-18(16)17;1-6-9-7-4-5-11-8(7)10(6)12(9,2)3;;;/h4-12H,3H2,1-2H3;4-5,9H,1-3H3;2*1H;/q-1;;;;+3/p-2. The molecule has 3 aromatic carbocycles. The molecular formula is C28H29Cl2OSiZr. The quantitative estimate of drug-likeness (QED) is 0.265. The number of rotatable bonds is 2. The molecule has 1 nitrogen and oxygen atoms in total. The summed E-state index contributed by atoms with van der Waals surface area (Å²) in [6.07, 6.45) is 2.92. The molecule has 3 heterocycles. The molecule has 4 aromatic rings. The smallest absolute Gasteiger partial charge is 1.00 e. The summed E-state index contributed by atoms with van der Waals surface area (Å²) in [5, 5.41) is 4.29. The fourth-order valence-corrected chi connectivity index (χ4v) is 9.90. The van der Waals surface area contributed by atoms with Gasteiger partial charge in [0.05, 0.1) is 14.3 Å². The van der Waals surface area contributed by atoms with Crippen LogP contribution in [0.25, 0.3) is 27.1 Å². The molecule has 1 aliphatic carbocycles. The molecule has 0 N–H and O–H groups in total. The van der Waals surface area contributed by atoms with Crippen LogP contribution in [0, 0.1) is 6.92 Å². The number of furan rings is 1. The first-order valence-electron chi connectivity index (χ1n) is 11.0. The molecule has 1 aromatic heterocycles. The second-order valence-corrected chi connectivity index (χ2v) is 13.8. The van der Waals surface area contributed by atoms with Crippen molar-refractivity contribution in [3.63, 3.8) is 0 Å². The van der Waals surface area contributed by atoms with Crippen LogP contribution < -0.4 is 24.8 Å². The van der Waals surface area contributed by atoms with E-state index in [0.29, 0.717) is 0 Å². The summed E-state index contributed by atoms with van der Waals surface area (Å²) >= 11 is 0. The monoisotopic (exact) mass is 569 g/mol. The molecule has 0 saturated heterocycles. The van der Waals surface area contributed by atoms with Gasteiger partial charge < -0.3 is 29.2 Å². The molecule has 5 heteroatoms. The number of hydrogen-bond acceptors (Lipinski definition) is 1. The second-order valence-electron chi connectivity index (χ2n) is 9.31. The first-order chi connectivity index (χ1) is 14.4. The molecular weight excluding hydrogens is 543 g/mol. The average molecular weight is 572 g/mol. The normalized spacial score (nSPS) is 16.5. The van der Waals surface area contributed by atoms with Gasteiger partial charge in [-0.2, -0.15) is 6.07 Å². The number of halogens is 2. The molecule has 3 aliphatic rings. The Bertz CT molecular complexity index is 1280. The molecule has 0 spiro atoms. The number of hydrogen-bond donors (Lipinski definition) is 0. The van der Waals surface area contributed by atoms with Gasteiger partial charge in [-0.15, -0.1) is 34.5 Å². The molecule has 1 radical (unpaired) electrons. The predicted molar refractivity (Wildman–Crippen MR) is 131 cm³/mol. The molecule has 169 valence electrons. The topological polar surface area (TPSA) is 13.1 Å². The van der Waals surface area contributed by atoms with Crippen LogP contribution in [0.15, 0.2) is 76.9 Å². The summed E-state index contributed by atoms with van der Waals surface area (Å²) in [5.41, 5.74) is 9.21. The Balaban J connectivity index is 0.000000227. The molecule has 0 fully saturated rings. The fourth-order valence-electron chi connectivity index (χ4n) is 5.66. The van der Waals surface area contributed by atoms with E-state index >= 15 is 0 Å². The summed E-state index contributed by atoms with van der Waals surface area (Å²) < 4.78 is 5.51. The summed E-state index contributed by atoms with van der Waals surface area (Å²) in [6, 6.07) is 22.1. The Hall–Kier alpha value is -1.25. The van der Waals surface area contributed by atoms with E-state index in [2.05, 4.69) is 94.5 Å². The van der Waals surface area contributed by atoms with Crippen LogP contribution in [0.3, 0.4) is 0 Å². The summed E-state index contributed by atoms with van der Waals surface area (Å²) in [6.45, 7) is 11.5. The van der Waals surface area contributed by atoms with E-state index in [-0.39, 0.29) is 51.0 Å². The van der Waals surface area contributed by atoms with Crippen LogP contribution in [0.1, 0.15) is 41.8 Å². The molecule has 2 bridgehead atoms. The van der Waals surface area contributed by atoms with E-state index < -0.39 is 8.07 Å². The third kappa shape index (κ3) is 4.55. The van der Waals surface area contributed by atoms with Crippen molar-refractivity contribution in [1.29, 1.82) is 0 Å². The van der Waals surface area contributed by atoms with Crippen LogP contribution in [-0.2, 0) is 32.6 Å². The largest absolute Gasteiger partial charge is 3.00 e. The fraction of sp³-hybridized carbons (Fsp3) is 0.250. The van der Waals surface area contributed by atoms with E-state index in [4.69, 9.17) is 4.42 Å². The van der Waals surface area contributed by atoms with Crippen molar-refractivity contribution in [3.05, 3.63) is 95.0 Å². The van der Waals surface area contributed by atoms with Crippen molar-refractivity contribution in [2.45, 2.75) is 45.8 Å². The van der Waals surface area contributed by atoms with Crippen LogP contribution in [0.2, 0.25) is 13.1 Å². The van der Waals surface area contributed by atoms with Gasteiger partial charge in [-0.1, -0.05) is 68.4 Å². The summed E-state index contributed by atoms with van der Waals surface area (Å²) in [4.78, 5) is 0. The van der Waals surface area contributed by atoms with Gasteiger partial charge in [0, 0.05) is 11.1 Å². The Morgan fingerprint density at radius 2 is 1.67 bits per heavy atom. The van der Waals surface area contributed by atoms with E-state index in [1.807, 2.05) is 6.26 Å². The molecule has 1 unspecified atom stereocenters. The third-order valence-corrected chi connectivity index (χ3v) is 11.1. The predicted octanol–water partition coefficient (Wildman–Crippen LogP) is 2.05. The van der Waals surface area contributed by atoms with Gasteiger partial charge in [0.1, 0.15) is 5.76 Å². The zero-order valence-corrected chi connectivity index (χ0v) is 24.8. The first kappa shape index (κ1) is 28.0. The molecule has 0 amide bonds. The van der Waals surface area contributed by atoms with E-state index in [0.717, 1.165) is 12.0 Å². The Morgan fingerprint density at radius 3 is 2.27 bits per heavy atom. The van der Waals surface area contributed by atoms with Crippen molar-refractivity contribution in [1.82, 2.24) is 0 Å². The average Bonchev–Trinajstić information content (AvgIpc) is 3.44. The van der Waals surface area contributed by atoms with Gasteiger partial charge in [-0.05, 0) is 35.7 Å². The van der Waals surface area contributed by atoms with Crippen molar-refractivity contribution in [2.24, 2.45) is 0 Å². The number of benzene rings is 2. The maximum absolute atomic E-state index is 5.51. The minimum Gasteiger partial charge on any atom is -1.00 e. The van der Waals surface area contributed by atoms with Gasteiger partial charge in [0.25, 0.3) is 0 Å². The number of allylic oxidation sites excluding steroid dienone is 1. The zero-order valence-electron chi connectivity index (χ0n) is 19.8. The van der Waals surface area contributed by atoms with E-state index in [1.165, 1.54) is 44.3 Å². The van der Waals surface area contributed by atoms with E-state index in [9.17, 15) is 0 Å². The number of aryl methyl sites for hydroxylation is 2. The van der Waals surface area contributed by atoms with Crippen LogP contribution >= 0.6 is 0 Å². The van der Waals surface area contributed by atoms with Gasteiger partial charge >= 0.3 is 26.2 Å². The maximum Gasteiger partial charge on any atom is 3.00 e. The number of fused-ring (bicyclic) bond motifs is 1. The SMILES string of the molecule is CC1=C2c3occc3C1[Si]2(C)C.CCc1ccc(-c2cccc3[cH-]c(C)cc23)cc1.[Cl-].[Cl-].[Zr+3]. The zero-order chi connectivity index (χ0) is 21.0. The van der Waals surface area contributed by atoms with Crippen molar-refractivity contribution >= 4 is 24.0 Å². The maximum atomic E-state index is 5.51. The minimum atomic E-state index is -1.08. The minimum absolute atomic E-state index is 0. The van der Waals surface area contributed by atoms with Crippen molar-refractivity contribution < 1.29 is 55.4 Å². The van der Waals surface area contributed by atoms with Crippen LogP contribution in [0.5, 0.6) is 0 Å². The van der Waals surface area contributed by atoms with Gasteiger partial charge in [-0.3, -0.25) is 0 Å². The van der Waals surface area contributed by atoms with Crippen molar-refractivity contribution in [2.75, 3.05) is 0 Å². The summed E-state index contributed by atoms with van der Waals surface area (Å²) in [7, 11) is -1.08. The van der Waals surface area contributed by atoms with Crippen LogP contribution in [-0.4, -0.2) is 8.07 Å². The Morgan fingerprint density at radius 1 is 0.970 bits per heavy atom. The summed E-state index contributed by atoms with van der Waals surface area (Å²) in [5.74, 6) is 1.22. The first-order valence-corrected chi connectivity index (χ1v) is 14.0. The second kappa shape index (κ2) is 10.6. The van der Waals surface area contributed by atoms with Crippen LogP contribution in [0.4, 0.5) is 0 Å². The third-order valence-electron chi connectivity index (χ3n) is 7.00. The molecule has 1 atom stereocenters. The van der Waals surface area contributed by atoms with Gasteiger partial charge in [0.15, 0.2) is 0 Å². The van der Waals surface area contributed by atoms with Gasteiger partial charge in [0.2, 0.25) is 0 Å². The molecule has 2 aliphatic heterocycles. The molecule has 33 heavy (non-hydrogen) atoms. The Kier molecular flexibility index (Phi) is 8.96. The molecule has 0 saturated carbocycles.